The maximum absolute atomic E-state index is 5.14. The summed E-state index contributed by atoms with van der Waals surface area (Å²) in [6.45, 7) is 0. The van der Waals surface area contributed by atoms with E-state index in [4.69, 9.17) is 15.0 Å². The predicted molar refractivity (Wildman–Crippen MR) is 273 cm³/mol. The van der Waals surface area contributed by atoms with Crippen molar-refractivity contribution < 1.29 is 0 Å². The van der Waals surface area contributed by atoms with Crippen LogP contribution < -0.4 is 0 Å². The molecule has 0 spiro atoms. The van der Waals surface area contributed by atoms with Gasteiger partial charge in [-0.15, -0.1) is 22.7 Å². The molecule has 0 aliphatic heterocycles. The van der Waals surface area contributed by atoms with Crippen molar-refractivity contribution in [1.82, 2.24) is 15.0 Å². The Balaban J connectivity index is 0.920. The zero-order valence-corrected chi connectivity index (χ0v) is 36.0. The summed E-state index contributed by atoms with van der Waals surface area (Å²) in [5.41, 5.74) is 10.1. The predicted octanol–water partition coefficient (Wildman–Crippen LogP) is 16.9. The highest BCUT2D eigenvalue weighted by Gasteiger charge is 2.18. The molecule has 0 saturated carbocycles. The number of aromatic nitrogens is 3. The first kappa shape index (κ1) is 36.8. The number of hydrogen-bond donors (Lipinski definition) is 0. The van der Waals surface area contributed by atoms with E-state index in [1.54, 1.807) is 0 Å². The van der Waals surface area contributed by atoms with E-state index in [1.807, 2.05) is 40.9 Å². The van der Waals surface area contributed by atoms with Crippen molar-refractivity contribution >= 4 is 84.6 Å². The summed E-state index contributed by atoms with van der Waals surface area (Å²) in [7, 11) is 0. The molecule has 3 nitrogen and oxygen atoms in total. The first-order valence-corrected chi connectivity index (χ1v) is 23.1. The van der Waals surface area contributed by atoms with Crippen LogP contribution in [0.3, 0.4) is 0 Å². The molecule has 298 valence electrons. The van der Waals surface area contributed by atoms with Crippen LogP contribution in [-0.2, 0) is 0 Å². The van der Waals surface area contributed by atoms with E-state index in [-0.39, 0.29) is 0 Å². The van der Waals surface area contributed by atoms with Gasteiger partial charge in [-0.05, 0) is 103 Å². The molecule has 0 unspecified atom stereocenters. The lowest BCUT2D eigenvalue weighted by atomic mass is 9.89. The van der Waals surface area contributed by atoms with Gasteiger partial charge < -0.3 is 0 Å². The topological polar surface area (TPSA) is 38.7 Å². The third-order valence-corrected chi connectivity index (χ3v) is 14.8. The lowest BCUT2D eigenvalue weighted by molar-refractivity contribution is 1.07. The molecular weight excluding hydrogens is 815 g/mol. The Labute approximate surface area is 377 Å². The molecule has 0 amide bonds. The van der Waals surface area contributed by atoms with Crippen LogP contribution in [0.2, 0.25) is 0 Å². The summed E-state index contributed by atoms with van der Waals surface area (Å²) >= 11 is 3.67. The van der Waals surface area contributed by atoms with Crippen LogP contribution in [0.25, 0.3) is 129 Å². The summed E-state index contributed by atoms with van der Waals surface area (Å²) < 4.78 is 5.08. The highest BCUT2D eigenvalue weighted by molar-refractivity contribution is 7.26. The number of thiophene rings is 2. The van der Waals surface area contributed by atoms with Gasteiger partial charge in [0.15, 0.2) is 17.5 Å². The Morgan fingerprint density at radius 3 is 1.48 bits per heavy atom. The van der Waals surface area contributed by atoms with E-state index in [2.05, 4.69) is 194 Å². The van der Waals surface area contributed by atoms with Crippen molar-refractivity contribution in [2.45, 2.75) is 0 Å². The molecule has 0 radical (unpaired) electrons. The van der Waals surface area contributed by atoms with E-state index in [0.717, 1.165) is 22.3 Å². The zero-order chi connectivity index (χ0) is 42.1. The fourth-order valence-electron chi connectivity index (χ4n) is 9.49. The third kappa shape index (κ3) is 6.12. The smallest absolute Gasteiger partial charge is 0.164 e. The lowest BCUT2D eigenvalue weighted by Gasteiger charge is -2.14. The largest absolute Gasteiger partial charge is 0.208 e. The minimum atomic E-state index is 0.646. The van der Waals surface area contributed by atoms with E-state index >= 15 is 0 Å². The van der Waals surface area contributed by atoms with Crippen LogP contribution in [0.5, 0.6) is 0 Å². The van der Waals surface area contributed by atoms with Gasteiger partial charge in [-0.3, -0.25) is 0 Å². The lowest BCUT2D eigenvalue weighted by Crippen LogP contribution is -2.00. The summed E-state index contributed by atoms with van der Waals surface area (Å²) in [5.74, 6) is 1.96. The maximum Gasteiger partial charge on any atom is 0.164 e. The minimum Gasteiger partial charge on any atom is -0.208 e. The van der Waals surface area contributed by atoms with Gasteiger partial charge in [0.2, 0.25) is 0 Å². The van der Waals surface area contributed by atoms with Crippen LogP contribution in [0, 0.1) is 0 Å². The molecule has 0 saturated heterocycles. The highest BCUT2D eigenvalue weighted by Crippen LogP contribution is 2.44. The Morgan fingerprint density at radius 1 is 0.234 bits per heavy atom. The molecule has 13 aromatic rings. The van der Waals surface area contributed by atoms with Gasteiger partial charge in [-0.2, -0.15) is 0 Å². The van der Waals surface area contributed by atoms with Crippen molar-refractivity contribution in [2.24, 2.45) is 0 Å². The van der Waals surface area contributed by atoms with Gasteiger partial charge in [0.25, 0.3) is 0 Å². The Hall–Kier alpha value is -7.83. The molecule has 10 aromatic carbocycles. The third-order valence-electron chi connectivity index (χ3n) is 12.5. The van der Waals surface area contributed by atoms with Crippen LogP contribution in [0.15, 0.2) is 212 Å². The molecule has 0 aliphatic rings. The van der Waals surface area contributed by atoms with Gasteiger partial charge in [-0.25, -0.2) is 15.0 Å². The van der Waals surface area contributed by atoms with Crippen LogP contribution in [-0.4, -0.2) is 15.0 Å². The van der Waals surface area contributed by atoms with E-state index < -0.39 is 0 Å². The van der Waals surface area contributed by atoms with Crippen molar-refractivity contribution in [2.75, 3.05) is 0 Å². The van der Waals surface area contributed by atoms with Crippen LogP contribution >= 0.6 is 22.7 Å². The first-order chi connectivity index (χ1) is 31.7. The fourth-order valence-corrected chi connectivity index (χ4v) is 11.7. The van der Waals surface area contributed by atoms with Crippen molar-refractivity contribution in [3.63, 3.8) is 0 Å². The molecular formula is C59H35N3S2. The Morgan fingerprint density at radius 2 is 0.703 bits per heavy atom. The van der Waals surface area contributed by atoms with E-state index in [9.17, 15) is 0 Å². The minimum absolute atomic E-state index is 0.646. The molecule has 0 aliphatic carbocycles. The van der Waals surface area contributed by atoms with Crippen molar-refractivity contribution in [3.8, 4) is 67.5 Å². The molecule has 0 bridgehead atoms. The summed E-state index contributed by atoms with van der Waals surface area (Å²) in [5, 5.41) is 10.1. The molecule has 64 heavy (non-hydrogen) atoms. The second-order valence-electron chi connectivity index (χ2n) is 16.3. The average molecular weight is 850 g/mol. The summed E-state index contributed by atoms with van der Waals surface area (Å²) in [6, 6.07) is 76.5. The number of hydrogen-bond acceptors (Lipinski definition) is 5. The molecule has 0 N–H and O–H groups in total. The molecule has 0 fully saturated rings. The van der Waals surface area contributed by atoms with Gasteiger partial charge in [-0.1, -0.05) is 164 Å². The number of rotatable bonds is 6. The second-order valence-corrected chi connectivity index (χ2v) is 18.5. The maximum atomic E-state index is 5.14. The molecule has 3 heterocycles. The standard InChI is InChI=1S/C59H35N3S2/c1-3-13-36(14-4-1)48-35-49-42(20-11-22-46(49)44-17-7-8-18-45(44)48)40-29-31-54-51(33-40)56-43(21-12-24-55(56)64-54)37-25-27-39(28-26-37)58-60-57(38-15-5-2-6-16-38)61-59(62-58)41-30-32-53-50(34-41)47-19-9-10-23-52(47)63-53/h1-35H. The summed E-state index contributed by atoms with van der Waals surface area (Å²) in [6.07, 6.45) is 0. The van der Waals surface area contributed by atoms with Crippen LogP contribution in [0.1, 0.15) is 0 Å². The van der Waals surface area contributed by atoms with E-state index in [0.29, 0.717) is 17.5 Å². The fraction of sp³-hybridized carbons (Fsp3) is 0. The Kier molecular flexibility index (Phi) is 8.58. The van der Waals surface area contributed by atoms with Gasteiger partial charge in [0, 0.05) is 57.0 Å². The monoisotopic (exact) mass is 849 g/mol. The number of nitrogens with zero attached hydrogens (tertiary/aromatic N) is 3. The molecule has 3 aromatic heterocycles. The highest BCUT2D eigenvalue weighted by atomic mass is 32.1. The van der Waals surface area contributed by atoms with Crippen LogP contribution in [0.4, 0.5) is 0 Å². The average Bonchev–Trinajstić information content (AvgIpc) is 3.94. The number of benzene rings is 10. The second kappa shape index (κ2) is 14.9. The zero-order valence-electron chi connectivity index (χ0n) is 34.4. The first-order valence-electron chi connectivity index (χ1n) is 21.5. The van der Waals surface area contributed by atoms with Gasteiger partial charge >= 0.3 is 0 Å². The molecule has 13 rings (SSSR count). The van der Waals surface area contributed by atoms with Crippen molar-refractivity contribution in [1.29, 1.82) is 0 Å². The van der Waals surface area contributed by atoms with Crippen molar-refractivity contribution in [3.05, 3.63) is 212 Å². The number of fused-ring (bicyclic) bond motifs is 9. The van der Waals surface area contributed by atoms with Gasteiger partial charge in [0.05, 0.1) is 0 Å². The van der Waals surface area contributed by atoms with Gasteiger partial charge in [0.1, 0.15) is 0 Å². The molecule has 0 atom stereocenters. The Bertz CT molecular complexity index is 3950. The quantitative estimate of drug-likeness (QED) is 0.156. The summed E-state index contributed by atoms with van der Waals surface area (Å²) in [4.78, 5) is 15.3. The molecule has 5 heteroatoms. The normalized spacial score (nSPS) is 11.8. The SMILES string of the molecule is c1ccc(-c2nc(-c3ccc(-c4cccc5sc6ccc(-c7cccc8c7cc(-c7ccccc7)c7ccccc78)cc6c45)cc3)nc(-c3ccc4sc5ccccc5c4c3)n2)cc1. The van der Waals surface area contributed by atoms with E-state index in [1.165, 1.54) is 89.7 Å².